The van der Waals surface area contributed by atoms with Gasteiger partial charge in [0.2, 0.25) is 0 Å². The van der Waals surface area contributed by atoms with Crippen LogP contribution in [-0.4, -0.2) is 12.0 Å². The van der Waals surface area contributed by atoms with E-state index < -0.39 is 0 Å². The van der Waals surface area contributed by atoms with Gasteiger partial charge in [-0.15, -0.1) is 0 Å². The van der Waals surface area contributed by atoms with Gasteiger partial charge in [0, 0.05) is 29.8 Å². The average molecular weight is 497 g/mol. The number of rotatable bonds is 7. The van der Waals surface area contributed by atoms with Crippen LogP contribution in [0.5, 0.6) is 5.75 Å². The topological polar surface area (TPSA) is 55.6 Å². The minimum atomic E-state index is -0.349. The highest BCUT2D eigenvalue weighted by Gasteiger charge is 2.41. The zero-order valence-corrected chi connectivity index (χ0v) is 20.9. The predicted molar refractivity (Wildman–Crippen MR) is 144 cm³/mol. The first-order valence-corrected chi connectivity index (χ1v) is 12.3. The van der Waals surface area contributed by atoms with Gasteiger partial charge in [-0.3, -0.25) is 10.1 Å². The zero-order chi connectivity index (χ0) is 26.0. The fourth-order valence-electron chi connectivity index (χ4n) is 5.55. The molecule has 0 fully saturated rings. The van der Waals surface area contributed by atoms with Crippen LogP contribution in [0.4, 0.5) is 15.8 Å². The number of anilines is 1. The number of hydrogen-bond acceptors (Lipinski definition) is 4. The molecule has 1 aliphatic rings. The molecule has 5 nitrogen and oxygen atoms in total. The van der Waals surface area contributed by atoms with Crippen LogP contribution in [0, 0.1) is 15.9 Å². The Kier molecular flexibility index (Phi) is 6.66. The quantitative estimate of drug-likeness (QED) is 0.198. The minimum absolute atomic E-state index is 0.0127. The van der Waals surface area contributed by atoms with Crippen molar-refractivity contribution in [3.63, 3.8) is 0 Å². The maximum Gasteiger partial charge on any atom is 0.269 e. The smallest absolute Gasteiger partial charge is 0.269 e. The lowest BCUT2D eigenvalue weighted by Gasteiger charge is -2.48. The van der Waals surface area contributed by atoms with E-state index in [1.807, 2.05) is 42.5 Å². The third-order valence-corrected chi connectivity index (χ3v) is 7.37. The van der Waals surface area contributed by atoms with Crippen LogP contribution < -0.4 is 9.64 Å². The number of nitrogens with zero attached hydrogens (tertiary/aromatic N) is 2. The molecule has 37 heavy (non-hydrogen) atoms. The lowest BCUT2D eigenvalue weighted by Crippen LogP contribution is -2.42. The molecular formula is C31H29FN2O3. The first kappa shape index (κ1) is 24.5. The molecule has 188 valence electrons. The van der Waals surface area contributed by atoms with Crippen LogP contribution >= 0.6 is 0 Å². The number of fused-ring (bicyclic) bond motifs is 1. The van der Waals surface area contributed by atoms with Crippen molar-refractivity contribution in [1.29, 1.82) is 0 Å². The number of methoxy groups -OCH3 is 1. The van der Waals surface area contributed by atoms with Gasteiger partial charge in [-0.25, -0.2) is 4.39 Å². The number of nitro benzene ring substituents is 1. The van der Waals surface area contributed by atoms with E-state index in [4.69, 9.17) is 4.74 Å². The van der Waals surface area contributed by atoms with Gasteiger partial charge in [0.15, 0.2) is 0 Å². The van der Waals surface area contributed by atoms with Crippen molar-refractivity contribution in [3.05, 3.63) is 135 Å². The Bertz CT molecular complexity index is 1400. The van der Waals surface area contributed by atoms with Gasteiger partial charge in [0.1, 0.15) is 11.6 Å². The van der Waals surface area contributed by atoms with Crippen molar-refractivity contribution in [1.82, 2.24) is 0 Å². The van der Waals surface area contributed by atoms with Gasteiger partial charge in [-0.2, -0.15) is 0 Å². The third kappa shape index (κ3) is 5.05. The fourth-order valence-corrected chi connectivity index (χ4v) is 5.55. The highest BCUT2D eigenvalue weighted by molar-refractivity contribution is 5.62. The van der Waals surface area contributed by atoms with Crippen LogP contribution in [0.15, 0.2) is 97.1 Å². The molecule has 0 bridgehead atoms. The van der Waals surface area contributed by atoms with Gasteiger partial charge >= 0.3 is 0 Å². The molecule has 5 rings (SSSR count). The first-order valence-electron chi connectivity index (χ1n) is 12.3. The van der Waals surface area contributed by atoms with Crippen molar-refractivity contribution in [2.75, 3.05) is 12.0 Å². The summed E-state index contributed by atoms with van der Waals surface area (Å²) in [5.74, 6) is 0.545. The molecule has 6 heteroatoms. The van der Waals surface area contributed by atoms with Crippen molar-refractivity contribution < 1.29 is 14.1 Å². The van der Waals surface area contributed by atoms with Crippen molar-refractivity contribution in [2.45, 2.75) is 37.8 Å². The van der Waals surface area contributed by atoms with Crippen LogP contribution in [-0.2, 0) is 18.4 Å². The Hall–Kier alpha value is -4.19. The second kappa shape index (κ2) is 10.1. The van der Waals surface area contributed by atoms with Crippen LogP contribution in [0.2, 0.25) is 0 Å². The second-order valence-corrected chi connectivity index (χ2v) is 9.93. The van der Waals surface area contributed by atoms with Gasteiger partial charge < -0.3 is 9.64 Å². The normalized spacial score (nSPS) is 18.8. The van der Waals surface area contributed by atoms with E-state index in [2.05, 4.69) is 36.1 Å². The predicted octanol–water partition coefficient (Wildman–Crippen LogP) is 7.39. The summed E-state index contributed by atoms with van der Waals surface area (Å²) in [6, 6.07) is 30.1. The van der Waals surface area contributed by atoms with E-state index in [1.54, 1.807) is 19.2 Å². The number of halogens is 1. The van der Waals surface area contributed by atoms with E-state index in [0.29, 0.717) is 13.0 Å². The lowest BCUT2D eigenvalue weighted by atomic mass is 9.68. The summed E-state index contributed by atoms with van der Waals surface area (Å²) in [6.07, 6.45) is 1.42. The summed E-state index contributed by atoms with van der Waals surface area (Å²) >= 11 is 0. The molecule has 4 aromatic rings. The van der Waals surface area contributed by atoms with Crippen molar-refractivity contribution in [3.8, 4) is 5.75 Å². The Balaban J connectivity index is 1.59. The van der Waals surface area contributed by atoms with Crippen molar-refractivity contribution in [2.24, 2.45) is 0 Å². The summed E-state index contributed by atoms with van der Waals surface area (Å²) in [5, 5.41) is 11.4. The van der Waals surface area contributed by atoms with E-state index in [1.165, 1.54) is 23.8 Å². The number of ether oxygens (including phenoxy) is 1. The van der Waals surface area contributed by atoms with E-state index in [9.17, 15) is 14.5 Å². The van der Waals surface area contributed by atoms with Crippen LogP contribution in [0.1, 0.15) is 41.6 Å². The number of nitro groups is 1. The fraction of sp³-hybridized carbons (Fsp3) is 0.226. The summed E-state index contributed by atoms with van der Waals surface area (Å²) in [4.78, 5) is 13.4. The third-order valence-electron chi connectivity index (χ3n) is 7.37. The molecular weight excluding hydrogens is 467 g/mol. The molecule has 4 aromatic carbocycles. The number of benzene rings is 4. The highest BCUT2D eigenvalue weighted by Crippen LogP contribution is 2.50. The van der Waals surface area contributed by atoms with Crippen LogP contribution in [0.3, 0.4) is 0 Å². The molecule has 2 atom stereocenters. The Labute approximate surface area is 216 Å². The van der Waals surface area contributed by atoms with E-state index in [0.717, 1.165) is 34.5 Å². The van der Waals surface area contributed by atoms with Gasteiger partial charge in [0.25, 0.3) is 5.69 Å². The van der Waals surface area contributed by atoms with E-state index in [-0.39, 0.29) is 27.9 Å². The minimum Gasteiger partial charge on any atom is -0.497 e. The Morgan fingerprint density at radius 3 is 2.41 bits per heavy atom. The second-order valence-electron chi connectivity index (χ2n) is 9.93. The molecule has 0 radical (unpaired) electrons. The zero-order valence-electron chi connectivity index (χ0n) is 20.9. The summed E-state index contributed by atoms with van der Waals surface area (Å²) in [5.41, 5.74) is 5.23. The van der Waals surface area contributed by atoms with E-state index >= 15 is 0 Å². The number of hydrogen-bond donors (Lipinski definition) is 0. The Morgan fingerprint density at radius 1 is 0.973 bits per heavy atom. The number of non-ortho nitro benzene ring substituents is 1. The standard InChI is InChI=1S/C31H29FN2O3/c1-31(19-23-6-5-7-26(18-23)34(35)36)20-30(24-12-14-25(32)15-13-24)33(29-9-4-3-8-28(29)31)21-22-10-16-27(37-2)17-11-22/h3-18,30H,19-21H2,1-2H3/t30-,31+/m0/s1. The molecule has 0 spiro atoms. The molecule has 0 aromatic heterocycles. The summed E-state index contributed by atoms with van der Waals surface area (Å²) in [7, 11) is 1.66. The summed E-state index contributed by atoms with van der Waals surface area (Å²) < 4.78 is 19.2. The van der Waals surface area contributed by atoms with Gasteiger partial charge in [0.05, 0.1) is 18.1 Å². The maximum atomic E-state index is 13.9. The monoisotopic (exact) mass is 496 g/mol. The molecule has 0 N–H and O–H groups in total. The van der Waals surface area contributed by atoms with Crippen molar-refractivity contribution >= 4 is 11.4 Å². The molecule has 1 heterocycles. The van der Waals surface area contributed by atoms with Gasteiger partial charge in [-0.05, 0) is 65.4 Å². The van der Waals surface area contributed by atoms with Gasteiger partial charge in [-0.1, -0.05) is 61.5 Å². The largest absolute Gasteiger partial charge is 0.497 e. The summed E-state index contributed by atoms with van der Waals surface area (Å²) in [6.45, 7) is 2.90. The highest BCUT2D eigenvalue weighted by atomic mass is 19.1. The lowest BCUT2D eigenvalue weighted by molar-refractivity contribution is -0.384. The molecule has 0 aliphatic carbocycles. The Morgan fingerprint density at radius 2 is 1.70 bits per heavy atom. The number of para-hydroxylation sites is 1. The molecule has 0 saturated carbocycles. The maximum absolute atomic E-state index is 13.9. The molecule has 1 aliphatic heterocycles. The average Bonchev–Trinajstić information content (AvgIpc) is 2.91. The first-order chi connectivity index (χ1) is 17.9. The van der Waals surface area contributed by atoms with Crippen LogP contribution in [0.25, 0.3) is 0 Å². The molecule has 0 amide bonds. The molecule has 0 saturated heterocycles. The SMILES string of the molecule is COc1ccc(CN2c3ccccc3[C@](C)(Cc3cccc([N+](=O)[O-])c3)C[C@H]2c2ccc(F)cc2)cc1. The molecule has 0 unspecified atom stereocenters.